The number of likely N-dealkylation sites (tertiary alicyclic amines) is 1. The summed E-state index contributed by atoms with van der Waals surface area (Å²) in [6.07, 6.45) is -3.49. The third-order valence-electron chi connectivity index (χ3n) is 3.46. The molecule has 2 atom stereocenters. The molecule has 0 aliphatic carbocycles. The molecule has 23 heavy (non-hydrogen) atoms. The van der Waals surface area contributed by atoms with Crippen molar-refractivity contribution >= 4 is 33.6 Å². The molecular formula is C10H14F3N5O3S2. The van der Waals surface area contributed by atoms with Crippen LogP contribution in [0.25, 0.3) is 0 Å². The molecule has 1 aliphatic rings. The van der Waals surface area contributed by atoms with Gasteiger partial charge in [0.25, 0.3) is 0 Å². The first-order valence-corrected chi connectivity index (χ1v) is 8.58. The van der Waals surface area contributed by atoms with E-state index < -0.39 is 46.5 Å². The number of hydrogen-bond acceptors (Lipinski definition) is 6. The number of carbonyl (C=O) groups is 1. The Morgan fingerprint density at radius 1 is 1.43 bits per heavy atom. The molecule has 0 unspecified atom stereocenters. The van der Waals surface area contributed by atoms with Crippen LogP contribution < -0.4 is 5.32 Å². The molecule has 1 saturated heterocycles. The van der Waals surface area contributed by atoms with E-state index >= 15 is 0 Å². The summed E-state index contributed by atoms with van der Waals surface area (Å²) >= 11 is 0.822. The summed E-state index contributed by atoms with van der Waals surface area (Å²) in [7, 11) is -1.85. The van der Waals surface area contributed by atoms with Gasteiger partial charge in [0.2, 0.25) is 10.0 Å². The number of sulfonamides is 1. The third-order valence-corrected chi connectivity index (χ3v) is 6.20. The van der Waals surface area contributed by atoms with Crippen LogP contribution in [0.2, 0.25) is 0 Å². The fourth-order valence-corrected chi connectivity index (χ4v) is 4.18. The van der Waals surface area contributed by atoms with Crippen LogP contribution in [0, 0.1) is 5.92 Å². The zero-order valence-corrected chi connectivity index (χ0v) is 13.7. The highest BCUT2D eigenvalue weighted by Gasteiger charge is 2.56. The fourth-order valence-electron chi connectivity index (χ4n) is 2.23. The predicted octanol–water partition coefficient (Wildman–Crippen LogP) is 0.824. The van der Waals surface area contributed by atoms with E-state index in [0.29, 0.717) is 0 Å². The number of nitrogens with one attached hydrogen (secondary N) is 1. The number of anilines is 1. The minimum atomic E-state index is -4.73. The first-order chi connectivity index (χ1) is 10.5. The van der Waals surface area contributed by atoms with Crippen LogP contribution in [0.3, 0.4) is 0 Å². The lowest BCUT2D eigenvalue weighted by Gasteiger charge is -2.23. The molecule has 0 aromatic carbocycles. The molecule has 130 valence electrons. The Kier molecular flexibility index (Phi) is 4.82. The minimum Gasteiger partial charge on any atom is -0.322 e. The molecule has 0 bridgehead atoms. The molecule has 1 fully saturated rings. The lowest BCUT2D eigenvalue weighted by molar-refractivity contribution is -0.169. The Morgan fingerprint density at radius 3 is 2.57 bits per heavy atom. The van der Waals surface area contributed by atoms with Gasteiger partial charge in [0.05, 0.1) is 23.8 Å². The molecule has 0 spiro atoms. The quantitative estimate of drug-likeness (QED) is 0.847. The van der Waals surface area contributed by atoms with Crippen molar-refractivity contribution in [3.63, 3.8) is 0 Å². The molecule has 1 aromatic heterocycles. The largest absolute Gasteiger partial charge is 0.394 e. The maximum atomic E-state index is 13.2. The highest BCUT2D eigenvalue weighted by atomic mass is 32.2. The van der Waals surface area contributed by atoms with Gasteiger partial charge in [-0.05, 0) is 0 Å². The summed E-state index contributed by atoms with van der Waals surface area (Å²) < 4.78 is 71.8. The van der Waals surface area contributed by atoms with Gasteiger partial charge in [0.15, 0.2) is 5.82 Å². The number of aromatic nitrogens is 2. The van der Waals surface area contributed by atoms with Crippen LogP contribution in [0.1, 0.15) is 0 Å². The van der Waals surface area contributed by atoms with Crippen LogP contribution in [-0.2, 0) is 10.0 Å². The maximum absolute atomic E-state index is 13.2. The summed E-state index contributed by atoms with van der Waals surface area (Å²) in [5, 5.41) is 0.546. The van der Waals surface area contributed by atoms with Crippen molar-refractivity contribution in [2.45, 2.75) is 11.4 Å². The Bertz CT molecular complexity index is 662. The summed E-state index contributed by atoms with van der Waals surface area (Å²) in [5.41, 5.74) is 0. The normalized spacial score (nSPS) is 22.6. The van der Waals surface area contributed by atoms with E-state index in [0.717, 1.165) is 35.0 Å². The maximum Gasteiger partial charge on any atom is 0.394 e. The lowest BCUT2D eigenvalue weighted by atomic mass is 10.1. The SMILES string of the molecule is CN(C)S(=O)(=O)[C@@H]1CN(C(=O)Nc2cnsn2)C[C@H]1C(F)(F)F. The van der Waals surface area contributed by atoms with Crippen LogP contribution in [0.4, 0.5) is 23.8 Å². The second-order valence-corrected chi connectivity index (χ2v) is 8.06. The van der Waals surface area contributed by atoms with Gasteiger partial charge in [-0.2, -0.15) is 21.9 Å². The molecule has 2 rings (SSSR count). The van der Waals surface area contributed by atoms with Gasteiger partial charge in [0, 0.05) is 27.2 Å². The monoisotopic (exact) mass is 373 g/mol. The number of amides is 2. The van der Waals surface area contributed by atoms with Gasteiger partial charge in [-0.1, -0.05) is 0 Å². The molecule has 0 radical (unpaired) electrons. The van der Waals surface area contributed by atoms with E-state index in [-0.39, 0.29) is 5.82 Å². The molecule has 2 amide bonds. The van der Waals surface area contributed by atoms with Gasteiger partial charge in [-0.15, -0.1) is 0 Å². The van der Waals surface area contributed by atoms with Crippen LogP contribution in [0.15, 0.2) is 6.20 Å². The van der Waals surface area contributed by atoms with Gasteiger partial charge in [0.1, 0.15) is 5.25 Å². The van der Waals surface area contributed by atoms with E-state index in [1.807, 2.05) is 0 Å². The predicted molar refractivity (Wildman–Crippen MR) is 76.4 cm³/mol. The van der Waals surface area contributed by atoms with Crippen molar-refractivity contribution in [2.24, 2.45) is 5.92 Å². The smallest absolute Gasteiger partial charge is 0.322 e. The minimum absolute atomic E-state index is 0.0995. The molecule has 0 saturated carbocycles. The Morgan fingerprint density at radius 2 is 2.09 bits per heavy atom. The van der Waals surface area contributed by atoms with Gasteiger partial charge >= 0.3 is 12.2 Å². The number of halogens is 3. The van der Waals surface area contributed by atoms with E-state index in [1.165, 1.54) is 6.20 Å². The summed E-state index contributed by atoms with van der Waals surface area (Å²) in [6, 6.07) is -0.844. The number of rotatable bonds is 3. The fraction of sp³-hybridized carbons (Fsp3) is 0.700. The van der Waals surface area contributed by atoms with Crippen molar-refractivity contribution in [3.05, 3.63) is 6.20 Å². The molecule has 1 aliphatic heterocycles. The van der Waals surface area contributed by atoms with E-state index in [4.69, 9.17) is 0 Å². The Labute approximate surface area is 134 Å². The number of urea groups is 1. The molecule has 8 nitrogen and oxygen atoms in total. The van der Waals surface area contributed by atoms with Crippen molar-refractivity contribution in [2.75, 3.05) is 32.5 Å². The average molecular weight is 373 g/mol. The van der Waals surface area contributed by atoms with Crippen molar-refractivity contribution in [1.29, 1.82) is 0 Å². The van der Waals surface area contributed by atoms with E-state index in [2.05, 4.69) is 14.1 Å². The van der Waals surface area contributed by atoms with E-state index in [9.17, 15) is 26.4 Å². The van der Waals surface area contributed by atoms with Gasteiger partial charge in [-0.25, -0.2) is 17.5 Å². The Balaban J connectivity index is 2.21. The molecule has 1 aromatic rings. The van der Waals surface area contributed by atoms with Crippen LogP contribution >= 0.6 is 11.7 Å². The number of hydrogen-bond donors (Lipinski definition) is 1. The second-order valence-electron chi connectivity index (χ2n) is 5.14. The zero-order valence-electron chi connectivity index (χ0n) is 12.1. The highest BCUT2D eigenvalue weighted by molar-refractivity contribution is 7.89. The molecule has 13 heteroatoms. The number of nitrogens with zero attached hydrogens (tertiary/aromatic N) is 4. The van der Waals surface area contributed by atoms with Crippen LogP contribution in [0.5, 0.6) is 0 Å². The molecule has 2 heterocycles. The van der Waals surface area contributed by atoms with Crippen molar-refractivity contribution < 1.29 is 26.4 Å². The molecular weight excluding hydrogens is 359 g/mol. The summed E-state index contributed by atoms with van der Waals surface area (Å²) in [4.78, 5) is 12.8. The zero-order chi connectivity index (χ0) is 17.4. The van der Waals surface area contributed by atoms with Crippen molar-refractivity contribution in [1.82, 2.24) is 18.0 Å². The average Bonchev–Trinajstić information content (AvgIpc) is 3.06. The lowest BCUT2D eigenvalue weighted by Crippen LogP contribution is -2.43. The number of carbonyl (C=O) groups excluding carboxylic acids is 1. The van der Waals surface area contributed by atoms with Crippen molar-refractivity contribution in [3.8, 4) is 0 Å². The summed E-state index contributed by atoms with van der Waals surface area (Å²) in [6.45, 7) is -1.28. The third kappa shape index (κ3) is 3.72. The number of alkyl halides is 3. The summed E-state index contributed by atoms with van der Waals surface area (Å²) in [5.74, 6) is -2.04. The van der Waals surface area contributed by atoms with Gasteiger partial charge < -0.3 is 4.90 Å². The second kappa shape index (κ2) is 6.20. The first kappa shape index (κ1) is 17.9. The van der Waals surface area contributed by atoms with E-state index in [1.54, 1.807) is 0 Å². The standard InChI is InChI=1S/C10H14F3N5O3S2/c1-17(2)23(20,21)7-5-18(4-6(7)10(11,12)13)9(19)15-8-3-14-22-16-8/h3,6-7H,4-5H2,1-2H3,(H,15,16,19)/t6-,7-/m1/s1. The topological polar surface area (TPSA) is 95.5 Å². The highest BCUT2D eigenvalue weighted by Crippen LogP contribution is 2.37. The van der Waals surface area contributed by atoms with Crippen LogP contribution in [-0.4, -0.2) is 71.0 Å². The Hall–Kier alpha value is -1.47. The van der Waals surface area contributed by atoms with Gasteiger partial charge in [-0.3, -0.25) is 5.32 Å². The molecule has 1 N–H and O–H groups in total. The first-order valence-electron chi connectivity index (χ1n) is 6.35.